The standard InChI is InChI=1S/C24H28N4O2S/c1-14-7-6-8-20(22(14)30-5)23(29)28-10-9-18(13-28)21-12-19(11-15(2)25-21)27-24-26-16(3)17(4)31-24/h6-8,11-12,18H,9-10,13H2,1-5H3,(H,25,26,27)/t18-/m1/s1. The van der Waals surface area contributed by atoms with E-state index in [1.165, 1.54) is 4.88 Å². The zero-order valence-electron chi connectivity index (χ0n) is 18.7. The molecular weight excluding hydrogens is 408 g/mol. The van der Waals surface area contributed by atoms with Gasteiger partial charge in [0.1, 0.15) is 5.75 Å². The van der Waals surface area contributed by atoms with Gasteiger partial charge in [0.15, 0.2) is 5.13 Å². The van der Waals surface area contributed by atoms with Crippen LogP contribution in [0.1, 0.15) is 50.2 Å². The number of aromatic nitrogens is 2. The number of benzene rings is 1. The minimum Gasteiger partial charge on any atom is -0.496 e. The molecule has 1 atom stereocenters. The number of anilines is 2. The first-order chi connectivity index (χ1) is 14.9. The lowest BCUT2D eigenvalue weighted by molar-refractivity contribution is 0.0787. The van der Waals surface area contributed by atoms with Gasteiger partial charge < -0.3 is 15.0 Å². The van der Waals surface area contributed by atoms with Gasteiger partial charge in [0.2, 0.25) is 0 Å². The van der Waals surface area contributed by atoms with E-state index in [4.69, 9.17) is 9.72 Å². The smallest absolute Gasteiger partial charge is 0.257 e. The summed E-state index contributed by atoms with van der Waals surface area (Å²) in [6.07, 6.45) is 0.894. The number of pyridine rings is 1. The number of amides is 1. The first-order valence-electron chi connectivity index (χ1n) is 10.5. The first-order valence-corrected chi connectivity index (χ1v) is 11.3. The summed E-state index contributed by atoms with van der Waals surface area (Å²) in [5.41, 5.74) is 5.59. The van der Waals surface area contributed by atoms with E-state index in [1.54, 1.807) is 18.4 Å². The van der Waals surface area contributed by atoms with Crippen molar-refractivity contribution in [2.75, 3.05) is 25.5 Å². The van der Waals surface area contributed by atoms with Crippen molar-refractivity contribution in [3.63, 3.8) is 0 Å². The van der Waals surface area contributed by atoms with Gasteiger partial charge in [-0.25, -0.2) is 4.98 Å². The predicted octanol–water partition coefficient (Wildman–Crippen LogP) is 5.15. The molecular formula is C24H28N4O2S. The molecule has 1 aromatic carbocycles. The average Bonchev–Trinajstić information content (AvgIpc) is 3.34. The Kier molecular flexibility index (Phi) is 5.96. The summed E-state index contributed by atoms with van der Waals surface area (Å²) in [6, 6.07) is 9.82. The third kappa shape index (κ3) is 4.42. The van der Waals surface area contributed by atoms with Crippen LogP contribution in [0, 0.1) is 27.7 Å². The molecule has 4 rings (SSSR count). The lowest BCUT2D eigenvalue weighted by Gasteiger charge is -2.19. The summed E-state index contributed by atoms with van der Waals surface area (Å²) in [5.74, 6) is 0.882. The molecule has 1 aliphatic heterocycles. The highest BCUT2D eigenvalue weighted by atomic mass is 32.1. The van der Waals surface area contributed by atoms with Crippen molar-refractivity contribution in [3.8, 4) is 5.75 Å². The van der Waals surface area contributed by atoms with E-state index in [0.717, 1.165) is 39.9 Å². The SMILES string of the molecule is COc1c(C)cccc1C(=O)N1CC[C@@H](c2cc(Nc3nc(C)c(C)s3)cc(C)n2)C1. The van der Waals surface area contributed by atoms with Gasteiger partial charge in [-0.1, -0.05) is 12.1 Å². The Balaban J connectivity index is 1.52. The van der Waals surface area contributed by atoms with E-state index in [9.17, 15) is 4.79 Å². The molecule has 1 saturated heterocycles. The summed E-state index contributed by atoms with van der Waals surface area (Å²) in [5, 5.41) is 4.31. The fourth-order valence-corrected chi connectivity index (χ4v) is 4.91. The second kappa shape index (κ2) is 8.67. The number of ether oxygens (including phenoxy) is 1. The van der Waals surface area contributed by atoms with Crippen molar-refractivity contribution in [2.24, 2.45) is 0 Å². The maximum absolute atomic E-state index is 13.2. The first kappa shape index (κ1) is 21.3. The molecule has 0 aliphatic carbocycles. The highest BCUT2D eigenvalue weighted by Crippen LogP contribution is 2.32. The van der Waals surface area contributed by atoms with Gasteiger partial charge in [-0.2, -0.15) is 0 Å². The van der Waals surface area contributed by atoms with Crippen LogP contribution in [0.4, 0.5) is 10.8 Å². The van der Waals surface area contributed by atoms with Crippen LogP contribution < -0.4 is 10.1 Å². The summed E-state index contributed by atoms with van der Waals surface area (Å²) >= 11 is 1.65. The fourth-order valence-electron chi connectivity index (χ4n) is 4.07. The lowest BCUT2D eigenvalue weighted by atomic mass is 10.0. The number of likely N-dealkylation sites (tertiary alicyclic amines) is 1. The third-order valence-electron chi connectivity index (χ3n) is 5.79. The van der Waals surface area contributed by atoms with Crippen molar-refractivity contribution >= 4 is 28.1 Å². The number of thiazole rings is 1. The Hall–Kier alpha value is -2.93. The molecule has 1 aliphatic rings. The summed E-state index contributed by atoms with van der Waals surface area (Å²) in [6.45, 7) is 9.43. The second-order valence-electron chi connectivity index (χ2n) is 8.10. The molecule has 7 heteroatoms. The minimum absolute atomic E-state index is 0.0165. The Morgan fingerprint density at radius 1 is 1.19 bits per heavy atom. The number of hydrogen-bond acceptors (Lipinski definition) is 6. The van der Waals surface area contributed by atoms with E-state index in [0.29, 0.717) is 24.4 Å². The van der Waals surface area contributed by atoms with E-state index >= 15 is 0 Å². The predicted molar refractivity (Wildman–Crippen MR) is 125 cm³/mol. The molecule has 2 aromatic heterocycles. The van der Waals surface area contributed by atoms with Crippen LogP contribution in [0.15, 0.2) is 30.3 Å². The number of aryl methyl sites for hydroxylation is 4. The summed E-state index contributed by atoms with van der Waals surface area (Å²) in [7, 11) is 1.61. The zero-order chi connectivity index (χ0) is 22.1. The van der Waals surface area contributed by atoms with E-state index < -0.39 is 0 Å². The number of methoxy groups -OCH3 is 1. The van der Waals surface area contributed by atoms with Gasteiger partial charge in [-0.3, -0.25) is 9.78 Å². The van der Waals surface area contributed by atoms with E-state index in [2.05, 4.69) is 23.3 Å². The Morgan fingerprint density at radius 2 is 2.00 bits per heavy atom. The van der Waals surface area contributed by atoms with Crippen molar-refractivity contribution in [1.82, 2.24) is 14.9 Å². The number of para-hydroxylation sites is 1. The van der Waals surface area contributed by atoms with Crippen molar-refractivity contribution in [2.45, 2.75) is 40.0 Å². The van der Waals surface area contributed by atoms with Gasteiger partial charge in [-0.05, 0) is 57.9 Å². The van der Waals surface area contributed by atoms with Gasteiger partial charge in [-0.15, -0.1) is 11.3 Å². The number of hydrogen-bond donors (Lipinski definition) is 1. The molecule has 0 spiro atoms. The molecule has 6 nitrogen and oxygen atoms in total. The quantitative estimate of drug-likeness (QED) is 0.599. The minimum atomic E-state index is 0.0165. The highest BCUT2D eigenvalue weighted by molar-refractivity contribution is 7.15. The molecule has 1 N–H and O–H groups in total. The van der Waals surface area contributed by atoms with Crippen LogP contribution in [0.2, 0.25) is 0 Å². The molecule has 31 heavy (non-hydrogen) atoms. The fraction of sp³-hybridized carbons (Fsp3) is 0.375. The van der Waals surface area contributed by atoms with Gasteiger partial charge >= 0.3 is 0 Å². The Morgan fingerprint density at radius 3 is 2.71 bits per heavy atom. The van der Waals surface area contributed by atoms with Gasteiger partial charge in [0.05, 0.1) is 18.4 Å². The van der Waals surface area contributed by atoms with Crippen LogP contribution in [-0.4, -0.2) is 41.0 Å². The summed E-state index contributed by atoms with van der Waals surface area (Å²) < 4.78 is 5.49. The van der Waals surface area contributed by atoms with Gasteiger partial charge in [0.25, 0.3) is 5.91 Å². The maximum Gasteiger partial charge on any atom is 0.257 e. The molecule has 0 bridgehead atoms. The van der Waals surface area contributed by atoms with E-state index in [-0.39, 0.29) is 11.8 Å². The van der Waals surface area contributed by atoms with E-state index in [1.807, 2.05) is 49.9 Å². The normalized spacial score (nSPS) is 15.9. The number of carbonyl (C=O) groups is 1. The van der Waals surface area contributed by atoms with Crippen LogP contribution >= 0.6 is 11.3 Å². The van der Waals surface area contributed by atoms with Crippen LogP contribution in [0.5, 0.6) is 5.75 Å². The molecule has 3 aromatic rings. The maximum atomic E-state index is 13.2. The second-order valence-corrected chi connectivity index (χ2v) is 9.30. The van der Waals surface area contributed by atoms with Crippen LogP contribution in [0.25, 0.3) is 0 Å². The highest BCUT2D eigenvalue weighted by Gasteiger charge is 2.30. The molecule has 1 amide bonds. The molecule has 162 valence electrons. The number of rotatable bonds is 5. The van der Waals surface area contributed by atoms with Gasteiger partial charge in [0, 0.05) is 41.0 Å². The molecule has 0 radical (unpaired) electrons. The largest absolute Gasteiger partial charge is 0.496 e. The van der Waals surface area contributed by atoms with Crippen molar-refractivity contribution in [1.29, 1.82) is 0 Å². The third-order valence-corrected chi connectivity index (χ3v) is 6.78. The van der Waals surface area contributed by atoms with Crippen LogP contribution in [0.3, 0.4) is 0 Å². The number of nitrogens with zero attached hydrogens (tertiary/aromatic N) is 3. The topological polar surface area (TPSA) is 67.3 Å². The molecule has 0 saturated carbocycles. The van der Waals surface area contributed by atoms with Crippen LogP contribution in [-0.2, 0) is 0 Å². The Bertz CT molecular complexity index is 1110. The molecule has 1 fully saturated rings. The van der Waals surface area contributed by atoms with Crippen molar-refractivity contribution < 1.29 is 9.53 Å². The molecule has 0 unspecified atom stereocenters. The Labute approximate surface area is 187 Å². The number of carbonyl (C=O) groups excluding carboxylic acids is 1. The lowest BCUT2D eigenvalue weighted by Crippen LogP contribution is -2.29. The number of nitrogens with one attached hydrogen (secondary N) is 1. The average molecular weight is 437 g/mol. The van der Waals surface area contributed by atoms with Crippen molar-refractivity contribution in [3.05, 3.63) is 63.4 Å². The monoisotopic (exact) mass is 436 g/mol. The zero-order valence-corrected chi connectivity index (χ0v) is 19.5. The summed E-state index contributed by atoms with van der Waals surface area (Å²) in [4.78, 5) is 25.6. The molecule has 3 heterocycles.